The van der Waals surface area contributed by atoms with Crippen molar-refractivity contribution in [3.05, 3.63) is 23.8 Å². The zero-order chi connectivity index (χ0) is 17.7. The molecule has 2 rings (SSSR count). The Hall–Kier alpha value is -1.60. The second-order valence-electron chi connectivity index (χ2n) is 6.43. The van der Waals surface area contributed by atoms with Gasteiger partial charge in [0.05, 0.1) is 17.6 Å². The molecule has 1 aliphatic heterocycles. The second-order valence-corrected chi connectivity index (χ2v) is 8.37. The quantitative estimate of drug-likeness (QED) is 0.850. The highest BCUT2D eigenvalue weighted by Crippen LogP contribution is 2.26. The maximum absolute atomic E-state index is 12.8. The third kappa shape index (κ3) is 4.27. The minimum Gasteiger partial charge on any atom is -0.496 e. The van der Waals surface area contributed by atoms with Crippen LogP contribution in [0.2, 0.25) is 0 Å². The van der Waals surface area contributed by atoms with Crippen LogP contribution >= 0.6 is 0 Å². The molecule has 6 nitrogen and oxygen atoms in total. The average Bonchev–Trinajstić information content (AvgIpc) is 2.59. The van der Waals surface area contributed by atoms with Crippen molar-refractivity contribution in [2.45, 2.75) is 38.0 Å². The Morgan fingerprint density at radius 2 is 1.92 bits per heavy atom. The SMILES string of the molecule is COc1ccc(S(=O)(=O)N2CCCCC2)cc1C(=O)NCC(C)C. The van der Waals surface area contributed by atoms with Crippen molar-refractivity contribution >= 4 is 15.9 Å². The van der Waals surface area contributed by atoms with Crippen LogP contribution in [0, 0.1) is 5.92 Å². The molecular formula is C17H26N2O4S. The Labute approximate surface area is 144 Å². The van der Waals surface area contributed by atoms with Crippen LogP contribution in [-0.2, 0) is 10.0 Å². The Morgan fingerprint density at radius 1 is 1.25 bits per heavy atom. The molecule has 1 aliphatic rings. The summed E-state index contributed by atoms with van der Waals surface area (Å²) in [7, 11) is -2.11. The Balaban J connectivity index is 2.31. The number of hydrogen-bond donors (Lipinski definition) is 1. The van der Waals surface area contributed by atoms with Gasteiger partial charge in [-0.15, -0.1) is 0 Å². The molecule has 0 saturated carbocycles. The van der Waals surface area contributed by atoms with Gasteiger partial charge in [0.15, 0.2) is 0 Å². The standard InChI is InChI=1S/C17H26N2O4S/c1-13(2)12-18-17(20)15-11-14(7-8-16(15)23-3)24(21,22)19-9-5-4-6-10-19/h7-8,11,13H,4-6,9-10,12H2,1-3H3,(H,18,20). The van der Waals surface area contributed by atoms with Gasteiger partial charge in [-0.2, -0.15) is 4.31 Å². The van der Waals surface area contributed by atoms with Crippen molar-refractivity contribution in [2.75, 3.05) is 26.7 Å². The summed E-state index contributed by atoms with van der Waals surface area (Å²) in [6, 6.07) is 4.46. The molecule has 0 spiro atoms. The van der Waals surface area contributed by atoms with Crippen molar-refractivity contribution in [1.29, 1.82) is 0 Å². The van der Waals surface area contributed by atoms with E-state index in [1.54, 1.807) is 6.07 Å². The second kappa shape index (κ2) is 7.98. The van der Waals surface area contributed by atoms with Gasteiger partial charge < -0.3 is 10.1 Å². The molecule has 1 saturated heterocycles. The van der Waals surface area contributed by atoms with E-state index in [1.807, 2.05) is 13.8 Å². The lowest BCUT2D eigenvalue weighted by Gasteiger charge is -2.26. The molecule has 7 heteroatoms. The van der Waals surface area contributed by atoms with Gasteiger partial charge in [-0.1, -0.05) is 20.3 Å². The summed E-state index contributed by atoms with van der Waals surface area (Å²) in [5.41, 5.74) is 0.247. The van der Waals surface area contributed by atoms with E-state index in [0.29, 0.717) is 31.3 Å². The number of hydrogen-bond acceptors (Lipinski definition) is 4. The van der Waals surface area contributed by atoms with E-state index in [4.69, 9.17) is 4.74 Å². The summed E-state index contributed by atoms with van der Waals surface area (Å²) in [6.45, 7) is 5.57. The van der Waals surface area contributed by atoms with Crippen molar-refractivity contribution in [1.82, 2.24) is 9.62 Å². The molecule has 0 radical (unpaired) electrons. The van der Waals surface area contributed by atoms with E-state index >= 15 is 0 Å². The normalized spacial score (nSPS) is 16.2. The minimum atomic E-state index is -3.58. The molecule has 134 valence electrons. The van der Waals surface area contributed by atoms with Crippen molar-refractivity contribution in [2.24, 2.45) is 5.92 Å². The van der Waals surface area contributed by atoms with Crippen molar-refractivity contribution in [3.8, 4) is 5.75 Å². The number of benzene rings is 1. The highest BCUT2D eigenvalue weighted by atomic mass is 32.2. The van der Waals surface area contributed by atoms with E-state index in [-0.39, 0.29) is 16.4 Å². The fraction of sp³-hybridized carbons (Fsp3) is 0.588. The van der Waals surface area contributed by atoms with Gasteiger partial charge in [0.2, 0.25) is 10.0 Å². The molecule has 0 aromatic heterocycles. The van der Waals surface area contributed by atoms with Crippen LogP contribution in [0.1, 0.15) is 43.5 Å². The van der Waals surface area contributed by atoms with Crippen LogP contribution in [0.5, 0.6) is 5.75 Å². The molecule has 0 aliphatic carbocycles. The fourth-order valence-electron chi connectivity index (χ4n) is 2.67. The number of nitrogens with one attached hydrogen (secondary N) is 1. The van der Waals surface area contributed by atoms with Crippen LogP contribution in [0.15, 0.2) is 23.1 Å². The van der Waals surface area contributed by atoms with E-state index in [9.17, 15) is 13.2 Å². The summed E-state index contributed by atoms with van der Waals surface area (Å²) in [5.74, 6) is 0.352. The predicted molar refractivity (Wildman–Crippen MR) is 92.8 cm³/mol. The molecule has 1 N–H and O–H groups in total. The lowest BCUT2D eigenvalue weighted by Crippen LogP contribution is -2.35. The number of carbonyl (C=O) groups excluding carboxylic acids is 1. The first-order chi connectivity index (χ1) is 11.4. The summed E-state index contributed by atoms with van der Waals surface area (Å²) in [4.78, 5) is 12.5. The lowest BCUT2D eigenvalue weighted by atomic mass is 10.1. The minimum absolute atomic E-state index is 0.139. The summed E-state index contributed by atoms with van der Waals surface area (Å²) < 4.78 is 32.3. The first-order valence-electron chi connectivity index (χ1n) is 8.32. The van der Waals surface area contributed by atoms with E-state index in [1.165, 1.54) is 23.5 Å². The maximum Gasteiger partial charge on any atom is 0.255 e. The number of ether oxygens (including phenoxy) is 1. The van der Waals surface area contributed by atoms with Crippen LogP contribution in [0.4, 0.5) is 0 Å². The third-order valence-corrected chi connectivity index (χ3v) is 5.93. The Kier molecular flexibility index (Phi) is 6.23. The number of amides is 1. The molecule has 0 bridgehead atoms. The van der Waals surface area contributed by atoms with Crippen LogP contribution < -0.4 is 10.1 Å². The first-order valence-corrected chi connectivity index (χ1v) is 9.76. The number of rotatable bonds is 6. The molecule has 1 amide bonds. The molecule has 1 heterocycles. The highest BCUT2D eigenvalue weighted by Gasteiger charge is 2.27. The van der Waals surface area contributed by atoms with E-state index in [0.717, 1.165) is 19.3 Å². The average molecular weight is 354 g/mol. The first kappa shape index (κ1) is 18.7. The van der Waals surface area contributed by atoms with Gasteiger partial charge in [-0.05, 0) is 37.0 Å². The Morgan fingerprint density at radius 3 is 2.50 bits per heavy atom. The van der Waals surface area contributed by atoms with E-state index in [2.05, 4.69) is 5.32 Å². The lowest BCUT2D eigenvalue weighted by molar-refractivity contribution is 0.0945. The molecule has 0 unspecified atom stereocenters. The highest BCUT2D eigenvalue weighted by molar-refractivity contribution is 7.89. The largest absolute Gasteiger partial charge is 0.496 e. The van der Waals surface area contributed by atoms with Gasteiger partial charge >= 0.3 is 0 Å². The number of sulfonamides is 1. The van der Waals surface area contributed by atoms with Crippen molar-refractivity contribution < 1.29 is 17.9 Å². The summed E-state index contributed by atoms with van der Waals surface area (Å²) >= 11 is 0. The van der Waals surface area contributed by atoms with E-state index < -0.39 is 10.0 Å². The van der Waals surface area contributed by atoms with Gasteiger partial charge in [0.1, 0.15) is 5.75 Å². The smallest absolute Gasteiger partial charge is 0.255 e. The predicted octanol–water partition coefficient (Wildman–Crippen LogP) is 2.26. The van der Waals surface area contributed by atoms with Gasteiger partial charge in [0, 0.05) is 19.6 Å². The van der Waals surface area contributed by atoms with Crippen molar-refractivity contribution in [3.63, 3.8) is 0 Å². The van der Waals surface area contributed by atoms with Gasteiger partial charge in [-0.25, -0.2) is 8.42 Å². The molecule has 1 aromatic carbocycles. The van der Waals surface area contributed by atoms with Crippen LogP contribution in [0.3, 0.4) is 0 Å². The zero-order valence-electron chi connectivity index (χ0n) is 14.5. The maximum atomic E-state index is 12.8. The topological polar surface area (TPSA) is 75.7 Å². The number of methoxy groups -OCH3 is 1. The Bertz CT molecular complexity index is 680. The van der Waals surface area contributed by atoms with Gasteiger partial charge in [-0.3, -0.25) is 4.79 Å². The summed E-state index contributed by atoms with van der Waals surface area (Å²) in [6.07, 6.45) is 2.80. The van der Waals surface area contributed by atoms with Gasteiger partial charge in [0.25, 0.3) is 5.91 Å². The number of carbonyl (C=O) groups is 1. The summed E-state index contributed by atoms with van der Waals surface area (Å²) in [5, 5.41) is 2.80. The number of piperidine rings is 1. The molecule has 24 heavy (non-hydrogen) atoms. The molecule has 1 fully saturated rings. The zero-order valence-corrected chi connectivity index (χ0v) is 15.4. The third-order valence-electron chi connectivity index (χ3n) is 4.04. The molecule has 0 atom stereocenters. The molecule has 1 aromatic rings. The monoisotopic (exact) mass is 354 g/mol. The number of nitrogens with zero attached hydrogens (tertiary/aromatic N) is 1. The fourth-order valence-corrected chi connectivity index (χ4v) is 4.22. The van der Waals surface area contributed by atoms with Crippen LogP contribution in [0.25, 0.3) is 0 Å². The molecular weight excluding hydrogens is 328 g/mol. The van der Waals surface area contributed by atoms with Crippen LogP contribution in [-0.4, -0.2) is 45.4 Å².